The Kier molecular flexibility index (Phi) is 5.54. The summed E-state index contributed by atoms with van der Waals surface area (Å²) < 4.78 is 7.00. The number of thiophene rings is 1. The second-order valence-corrected chi connectivity index (χ2v) is 9.05. The molecule has 0 amide bonds. The molecule has 1 aromatic carbocycles. The van der Waals surface area contributed by atoms with E-state index in [2.05, 4.69) is 37.9 Å². The van der Waals surface area contributed by atoms with Gasteiger partial charge >= 0.3 is 5.97 Å². The second kappa shape index (κ2) is 8.11. The number of hydrogen-bond acceptors (Lipinski definition) is 5. The molecule has 1 aliphatic carbocycles. The third-order valence-corrected chi connectivity index (χ3v) is 6.75. The van der Waals surface area contributed by atoms with Gasteiger partial charge < -0.3 is 4.74 Å². The van der Waals surface area contributed by atoms with Crippen LogP contribution in [0.1, 0.15) is 43.7 Å². The number of hydrogen-bond donors (Lipinski definition) is 0. The smallest absolute Gasteiger partial charge is 0.326 e. The number of ether oxygens (including phenoxy) is 1. The molecule has 1 fully saturated rings. The third-order valence-electron chi connectivity index (χ3n) is 5.86. The van der Waals surface area contributed by atoms with Crippen LogP contribution in [0.5, 0.6) is 0 Å². The first-order valence-electron chi connectivity index (χ1n) is 10.2. The lowest BCUT2D eigenvalue weighted by atomic mass is 9.89. The molecule has 1 aliphatic rings. The van der Waals surface area contributed by atoms with E-state index in [1.165, 1.54) is 39.8 Å². The van der Waals surface area contributed by atoms with Crippen molar-refractivity contribution < 1.29 is 9.53 Å². The zero-order valence-electron chi connectivity index (χ0n) is 17.1. The summed E-state index contributed by atoms with van der Waals surface area (Å²) >= 11 is 1.45. The molecule has 0 N–H and O–H groups in total. The SMILES string of the molecule is Cc1ccc(-c2csc3ncn(CC(=O)OC4CCCC(C)C4)c(=O)c23)cc1C. The van der Waals surface area contributed by atoms with Gasteiger partial charge in [-0.05, 0) is 55.7 Å². The molecule has 1 saturated carbocycles. The van der Waals surface area contributed by atoms with Crippen molar-refractivity contribution in [1.29, 1.82) is 0 Å². The molecule has 152 valence electrons. The van der Waals surface area contributed by atoms with Gasteiger partial charge in [0.25, 0.3) is 5.56 Å². The maximum atomic E-state index is 13.1. The lowest BCUT2D eigenvalue weighted by Crippen LogP contribution is -2.30. The molecule has 2 aromatic heterocycles. The Hall–Kier alpha value is -2.47. The van der Waals surface area contributed by atoms with E-state index in [0.717, 1.165) is 30.4 Å². The van der Waals surface area contributed by atoms with Crippen LogP contribution in [0, 0.1) is 19.8 Å². The molecule has 0 saturated heterocycles. The van der Waals surface area contributed by atoms with E-state index in [4.69, 9.17) is 4.74 Å². The number of aromatic nitrogens is 2. The van der Waals surface area contributed by atoms with Gasteiger partial charge in [0, 0.05) is 10.9 Å². The average molecular weight is 411 g/mol. The summed E-state index contributed by atoms with van der Waals surface area (Å²) in [6.45, 7) is 6.21. The van der Waals surface area contributed by atoms with Crippen LogP contribution in [-0.4, -0.2) is 21.6 Å². The Bertz CT molecular complexity index is 1110. The first-order valence-corrected chi connectivity index (χ1v) is 11.0. The number of fused-ring (bicyclic) bond motifs is 1. The summed E-state index contributed by atoms with van der Waals surface area (Å²) in [6, 6.07) is 6.18. The highest BCUT2D eigenvalue weighted by Crippen LogP contribution is 2.31. The minimum Gasteiger partial charge on any atom is -0.461 e. The van der Waals surface area contributed by atoms with Crippen molar-refractivity contribution in [1.82, 2.24) is 9.55 Å². The Morgan fingerprint density at radius 1 is 1.28 bits per heavy atom. The van der Waals surface area contributed by atoms with Gasteiger partial charge in [0.2, 0.25) is 0 Å². The molecule has 29 heavy (non-hydrogen) atoms. The molecule has 0 radical (unpaired) electrons. The summed E-state index contributed by atoms with van der Waals surface area (Å²) in [6.07, 6.45) is 5.50. The number of carbonyl (C=O) groups excluding carboxylic acids is 1. The molecular weight excluding hydrogens is 384 g/mol. The number of rotatable bonds is 4. The van der Waals surface area contributed by atoms with Gasteiger partial charge in [-0.1, -0.05) is 31.5 Å². The van der Waals surface area contributed by atoms with E-state index in [1.54, 1.807) is 0 Å². The van der Waals surface area contributed by atoms with Crippen LogP contribution in [-0.2, 0) is 16.1 Å². The molecule has 0 bridgehead atoms. The number of nitrogens with zero attached hydrogens (tertiary/aromatic N) is 2. The van der Waals surface area contributed by atoms with Crippen LogP contribution < -0.4 is 5.56 Å². The van der Waals surface area contributed by atoms with Crippen molar-refractivity contribution in [3.05, 3.63) is 51.4 Å². The van der Waals surface area contributed by atoms with Crippen molar-refractivity contribution >= 4 is 27.5 Å². The van der Waals surface area contributed by atoms with Crippen LogP contribution in [0.3, 0.4) is 0 Å². The van der Waals surface area contributed by atoms with Crippen molar-refractivity contribution in [2.45, 2.75) is 59.1 Å². The van der Waals surface area contributed by atoms with Gasteiger partial charge in [0.05, 0.1) is 11.7 Å². The maximum absolute atomic E-state index is 13.1. The second-order valence-electron chi connectivity index (χ2n) is 8.19. The zero-order chi connectivity index (χ0) is 20.5. The third kappa shape index (κ3) is 4.13. The highest BCUT2D eigenvalue weighted by Gasteiger charge is 2.23. The zero-order valence-corrected chi connectivity index (χ0v) is 17.9. The first-order chi connectivity index (χ1) is 13.9. The van der Waals surface area contributed by atoms with Gasteiger partial charge in [-0.3, -0.25) is 14.2 Å². The largest absolute Gasteiger partial charge is 0.461 e. The summed E-state index contributed by atoms with van der Waals surface area (Å²) in [4.78, 5) is 30.7. The van der Waals surface area contributed by atoms with E-state index >= 15 is 0 Å². The van der Waals surface area contributed by atoms with Crippen molar-refractivity contribution in [2.75, 3.05) is 0 Å². The quantitative estimate of drug-likeness (QED) is 0.576. The van der Waals surface area contributed by atoms with E-state index in [9.17, 15) is 9.59 Å². The number of esters is 1. The fourth-order valence-corrected chi connectivity index (χ4v) is 4.96. The lowest BCUT2D eigenvalue weighted by molar-refractivity contribution is -0.152. The van der Waals surface area contributed by atoms with Gasteiger partial charge in [-0.15, -0.1) is 11.3 Å². The van der Waals surface area contributed by atoms with Gasteiger partial charge in [0.1, 0.15) is 17.5 Å². The molecule has 6 heteroatoms. The summed E-state index contributed by atoms with van der Waals surface area (Å²) in [5.74, 6) is 0.212. The highest BCUT2D eigenvalue weighted by molar-refractivity contribution is 7.17. The van der Waals surface area contributed by atoms with E-state index in [-0.39, 0.29) is 24.2 Å². The number of benzene rings is 1. The predicted molar refractivity (Wildman–Crippen MR) is 116 cm³/mol. The molecule has 0 spiro atoms. The summed E-state index contributed by atoms with van der Waals surface area (Å²) in [5, 5.41) is 2.54. The molecule has 2 atom stereocenters. The van der Waals surface area contributed by atoms with Crippen LogP contribution in [0.25, 0.3) is 21.3 Å². The van der Waals surface area contributed by atoms with E-state index < -0.39 is 0 Å². The fourth-order valence-electron chi connectivity index (χ4n) is 4.05. The fraction of sp³-hybridized carbons (Fsp3) is 0.435. The molecule has 5 nitrogen and oxygen atoms in total. The average Bonchev–Trinajstić information content (AvgIpc) is 3.11. The lowest BCUT2D eigenvalue weighted by Gasteiger charge is -2.26. The molecule has 0 aliphatic heterocycles. The molecule has 3 aromatic rings. The topological polar surface area (TPSA) is 61.2 Å². The number of aryl methyl sites for hydroxylation is 2. The van der Waals surface area contributed by atoms with Crippen LogP contribution >= 0.6 is 11.3 Å². The minimum absolute atomic E-state index is 0.0362. The number of carbonyl (C=O) groups is 1. The molecule has 2 unspecified atom stereocenters. The normalized spacial score (nSPS) is 19.4. The van der Waals surface area contributed by atoms with Crippen LogP contribution in [0.2, 0.25) is 0 Å². The Morgan fingerprint density at radius 3 is 2.86 bits per heavy atom. The highest BCUT2D eigenvalue weighted by atomic mass is 32.1. The van der Waals surface area contributed by atoms with E-state index in [1.807, 2.05) is 11.4 Å². The Morgan fingerprint density at radius 2 is 2.10 bits per heavy atom. The van der Waals surface area contributed by atoms with Gasteiger partial charge in [-0.2, -0.15) is 0 Å². The van der Waals surface area contributed by atoms with Crippen molar-refractivity contribution in [2.24, 2.45) is 5.92 Å². The summed E-state index contributed by atoms with van der Waals surface area (Å²) in [7, 11) is 0. The van der Waals surface area contributed by atoms with Gasteiger partial charge in [0.15, 0.2) is 0 Å². The molecule has 4 rings (SSSR count). The summed E-state index contributed by atoms with van der Waals surface area (Å²) in [5.41, 5.74) is 4.06. The molecule has 2 heterocycles. The van der Waals surface area contributed by atoms with Gasteiger partial charge in [-0.25, -0.2) is 4.98 Å². The van der Waals surface area contributed by atoms with Crippen molar-refractivity contribution in [3.63, 3.8) is 0 Å². The van der Waals surface area contributed by atoms with E-state index in [0.29, 0.717) is 16.1 Å². The van der Waals surface area contributed by atoms with Crippen LogP contribution in [0.15, 0.2) is 34.7 Å². The van der Waals surface area contributed by atoms with Crippen molar-refractivity contribution in [3.8, 4) is 11.1 Å². The maximum Gasteiger partial charge on any atom is 0.326 e. The first kappa shape index (κ1) is 19.8. The minimum atomic E-state index is -0.365. The van der Waals surface area contributed by atoms with Crippen LogP contribution in [0.4, 0.5) is 0 Å². The predicted octanol–water partition coefficient (Wildman–Crippen LogP) is 4.86. The molecular formula is C23H26N2O3S. The standard InChI is InChI=1S/C23H26N2O3S/c1-14-5-4-6-18(9-14)28-20(26)11-25-13-24-22-21(23(25)27)19(12-29-22)17-8-7-15(2)16(3)10-17/h7-8,10,12-14,18H,4-6,9,11H2,1-3H3. The Labute approximate surface area is 174 Å². The Balaban J connectivity index is 1.61. The monoisotopic (exact) mass is 410 g/mol.